The normalized spacial score (nSPS) is 22.0. The predicted octanol–water partition coefficient (Wildman–Crippen LogP) is 1.35. The Hall–Kier alpha value is -2.32. The molecule has 3 atom stereocenters. The van der Waals surface area contributed by atoms with Gasteiger partial charge in [-0.1, -0.05) is 32.1 Å². The minimum absolute atomic E-state index is 0.138. The molecule has 170 valence electrons. The smallest absolute Gasteiger partial charge is 0.408 e. The molecule has 0 aromatic rings. The van der Waals surface area contributed by atoms with E-state index in [0.717, 1.165) is 25.7 Å². The lowest BCUT2D eigenvalue weighted by molar-refractivity contribution is -0.130. The quantitative estimate of drug-likeness (QED) is 0.466. The number of ether oxygens (including phenoxy) is 1. The van der Waals surface area contributed by atoms with Crippen LogP contribution in [-0.2, 0) is 19.1 Å². The van der Waals surface area contributed by atoms with E-state index < -0.39 is 35.6 Å². The number of rotatable bonds is 8. The Morgan fingerprint density at radius 3 is 2.27 bits per heavy atom. The highest BCUT2D eigenvalue weighted by Gasteiger charge is 2.33. The number of amides is 4. The van der Waals surface area contributed by atoms with E-state index >= 15 is 0 Å². The number of nitrogens with two attached hydrogens (primary N) is 1. The van der Waals surface area contributed by atoms with Gasteiger partial charge in [-0.2, -0.15) is 0 Å². The van der Waals surface area contributed by atoms with Gasteiger partial charge in [0.05, 0.1) is 0 Å². The van der Waals surface area contributed by atoms with E-state index in [-0.39, 0.29) is 18.2 Å². The zero-order valence-corrected chi connectivity index (χ0v) is 18.3. The molecular weight excluding hydrogens is 388 g/mol. The van der Waals surface area contributed by atoms with Crippen molar-refractivity contribution < 1.29 is 23.9 Å². The fourth-order valence-electron chi connectivity index (χ4n) is 4.11. The van der Waals surface area contributed by atoms with Gasteiger partial charge in [0.2, 0.25) is 17.7 Å². The van der Waals surface area contributed by atoms with Gasteiger partial charge < -0.3 is 26.4 Å². The van der Waals surface area contributed by atoms with Gasteiger partial charge in [0.15, 0.2) is 0 Å². The van der Waals surface area contributed by atoms with Crippen LogP contribution in [0.15, 0.2) is 0 Å². The third kappa shape index (κ3) is 7.84. The molecule has 1 aliphatic heterocycles. The fourth-order valence-corrected chi connectivity index (χ4v) is 4.11. The van der Waals surface area contributed by atoms with E-state index in [0.29, 0.717) is 25.3 Å². The zero-order chi connectivity index (χ0) is 22.3. The van der Waals surface area contributed by atoms with Crippen molar-refractivity contribution in [3.63, 3.8) is 0 Å². The van der Waals surface area contributed by atoms with Crippen molar-refractivity contribution in [1.82, 2.24) is 16.0 Å². The van der Waals surface area contributed by atoms with E-state index in [1.54, 1.807) is 20.8 Å². The van der Waals surface area contributed by atoms with Gasteiger partial charge in [0.1, 0.15) is 17.7 Å². The Labute approximate surface area is 178 Å². The summed E-state index contributed by atoms with van der Waals surface area (Å²) in [6.45, 7) is 5.79. The van der Waals surface area contributed by atoms with Crippen molar-refractivity contribution in [2.24, 2.45) is 17.6 Å². The number of alkyl carbamates (subject to hydrolysis) is 1. The molecule has 5 N–H and O–H groups in total. The third-order valence-corrected chi connectivity index (χ3v) is 5.64. The van der Waals surface area contributed by atoms with Crippen molar-refractivity contribution in [2.45, 2.75) is 89.8 Å². The van der Waals surface area contributed by atoms with Gasteiger partial charge in [0, 0.05) is 12.5 Å². The molecule has 1 heterocycles. The average molecular weight is 425 g/mol. The highest BCUT2D eigenvalue weighted by molar-refractivity contribution is 5.91. The lowest BCUT2D eigenvalue weighted by Gasteiger charge is -2.29. The number of primary amides is 1. The van der Waals surface area contributed by atoms with Gasteiger partial charge in [-0.3, -0.25) is 14.4 Å². The summed E-state index contributed by atoms with van der Waals surface area (Å²) >= 11 is 0. The van der Waals surface area contributed by atoms with Crippen molar-refractivity contribution in [3.8, 4) is 0 Å². The summed E-state index contributed by atoms with van der Waals surface area (Å²) in [7, 11) is 0. The molecule has 9 nitrogen and oxygen atoms in total. The maximum Gasteiger partial charge on any atom is 0.408 e. The molecule has 30 heavy (non-hydrogen) atoms. The van der Waals surface area contributed by atoms with Crippen LogP contribution in [0.3, 0.4) is 0 Å². The molecule has 0 aromatic carbocycles. The van der Waals surface area contributed by atoms with Crippen LogP contribution < -0.4 is 21.7 Å². The molecule has 2 unspecified atom stereocenters. The monoisotopic (exact) mass is 424 g/mol. The van der Waals surface area contributed by atoms with E-state index in [9.17, 15) is 19.2 Å². The molecular formula is C21H36N4O5. The first kappa shape index (κ1) is 24.0. The Bertz CT molecular complexity index is 640. The summed E-state index contributed by atoms with van der Waals surface area (Å²) in [6, 6.07) is -1.80. The summed E-state index contributed by atoms with van der Waals surface area (Å²) in [6.07, 6.45) is 5.93. The highest BCUT2D eigenvalue weighted by Crippen LogP contribution is 2.27. The van der Waals surface area contributed by atoms with Gasteiger partial charge in [0.25, 0.3) is 0 Å². The molecule has 0 aromatic heterocycles. The van der Waals surface area contributed by atoms with Crippen molar-refractivity contribution in [1.29, 1.82) is 0 Å². The lowest BCUT2D eigenvalue weighted by atomic mass is 9.84. The molecule has 1 saturated heterocycles. The summed E-state index contributed by atoms with van der Waals surface area (Å²) in [5, 5.41) is 8.04. The fraction of sp³-hybridized carbons (Fsp3) is 0.810. The molecule has 0 radical (unpaired) electrons. The van der Waals surface area contributed by atoms with Crippen LogP contribution in [0.2, 0.25) is 0 Å². The summed E-state index contributed by atoms with van der Waals surface area (Å²) in [4.78, 5) is 49.1. The Morgan fingerprint density at radius 2 is 1.73 bits per heavy atom. The van der Waals surface area contributed by atoms with Crippen molar-refractivity contribution in [2.75, 3.05) is 6.54 Å². The van der Waals surface area contributed by atoms with Crippen LogP contribution in [-0.4, -0.2) is 48.0 Å². The number of carbonyl (C=O) groups is 4. The van der Waals surface area contributed by atoms with Gasteiger partial charge in [-0.05, 0) is 46.0 Å². The Kier molecular flexibility index (Phi) is 8.49. The maximum absolute atomic E-state index is 13.0. The van der Waals surface area contributed by atoms with Crippen LogP contribution in [0.4, 0.5) is 4.79 Å². The second kappa shape index (κ2) is 10.6. The second-order valence-corrected chi connectivity index (χ2v) is 9.41. The molecule has 0 bridgehead atoms. The molecule has 2 rings (SSSR count). The molecule has 1 saturated carbocycles. The maximum atomic E-state index is 13.0. The topological polar surface area (TPSA) is 140 Å². The molecule has 2 fully saturated rings. The number of hydrogen-bond acceptors (Lipinski definition) is 5. The van der Waals surface area contributed by atoms with Crippen LogP contribution in [0, 0.1) is 11.8 Å². The van der Waals surface area contributed by atoms with Gasteiger partial charge >= 0.3 is 6.09 Å². The lowest BCUT2D eigenvalue weighted by Crippen LogP contribution is -2.54. The minimum Gasteiger partial charge on any atom is -0.444 e. The Balaban J connectivity index is 2.05. The highest BCUT2D eigenvalue weighted by atomic mass is 16.6. The van der Waals surface area contributed by atoms with E-state index in [1.807, 2.05) is 0 Å². The van der Waals surface area contributed by atoms with E-state index in [2.05, 4.69) is 16.0 Å². The molecule has 1 aliphatic carbocycles. The predicted molar refractivity (Wildman–Crippen MR) is 111 cm³/mol. The number of carbonyl (C=O) groups excluding carboxylic acids is 4. The SMILES string of the molecule is CC(C)(C)OC(=O)N[C@@H](CC1CCCCC1)C(=O)NC(CC1CCNC1=O)C(N)=O. The Morgan fingerprint density at radius 1 is 1.07 bits per heavy atom. The minimum atomic E-state index is -0.972. The van der Waals surface area contributed by atoms with Crippen molar-refractivity contribution in [3.05, 3.63) is 0 Å². The summed E-state index contributed by atoms with van der Waals surface area (Å²) in [5.74, 6) is -1.36. The van der Waals surface area contributed by atoms with Gasteiger partial charge in [-0.25, -0.2) is 4.79 Å². The molecule has 0 spiro atoms. The number of nitrogens with one attached hydrogen (secondary N) is 3. The van der Waals surface area contributed by atoms with E-state index in [1.165, 1.54) is 6.42 Å². The first-order valence-corrected chi connectivity index (χ1v) is 10.9. The average Bonchev–Trinajstić information content (AvgIpc) is 3.04. The van der Waals surface area contributed by atoms with Crippen molar-refractivity contribution >= 4 is 23.8 Å². The molecule has 9 heteroatoms. The summed E-state index contributed by atoms with van der Waals surface area (Å²) in [5.41, 5.74) is 4.79. The van der Waals surface area contributed by atoms with Crippen LogP contribution in [0.5, 0.6) is 0 Å². The zero-order valence-electron chi connectivity index (χ0n) is 18.3. The molecule has 4 amide bonds. The van der Waals surface area contributed by atoms with Gasteiger partial charge in [-0.15, -0.1) is 0 Å². The standard InChI is InChI=1S/C21H36N4O5/c1-21(2,3)30-20(29)25-16(11-13-7-5-4-6-8-13)19(28)24-15(17(22)26)12-14-9-10-23-18(14)27/h13-16H,4-12H2,1-3H3,(H2,22,26)(H,23,27)(H,24,28)(H,25,29)/t14?,15?,16-/m0/s1. The van der Waals surface area contributed by atoms with Crippen LogP contribution >= 0.6 is 0 Å². The number of hydrogen-bond donors (Lipinski definition) is 4. The van der Waals surface area contributed by atoms with Crippen LogP contribution in [0.1, 0.15) is 72.1 Å². The largest absolute Gasteiger partial charge is 0.444 e. The first-order valence-electron chi connectivity index (χ1n) is 10.9. The first-order chi connectivity index (χ1) is 14.0. The van der Waals surface area contributed by atoms with E-state index in [4.69, 9.17) is 10.5 Å². The third-order valence-electron chi connectivity index (χ3n) is 5.64. The summed E-state index contributed by atoms with van der Waals surface area (Å²) < 4.78 is 5.31. The van der Waals surface area contributed by atoms with Crippen LogP contribution in [0.25, 0.3) is 0 Å². The molecule has 2 aliphatic rings. The second-order valence-electron chi connectivity index (χ2n) is 9.41.